The van der Waals surface area contributed by atoms with Crippen molar-refractivity contribution in [3.05, 3.63) is 52.8 Å². The van der Waals surface area contributed by atoms with Gasteiger partial charge in [-0.2, -0.15) is 18.3 Å². The molecule has 1 saturated heterocycles. The van der Waals surface area contributed by atoms with Crippen molar-refractivity contribution >= 4 is 11.6 Å². The lowest BCUT2D eigenvalue weighted by Gasteiger charge is -2.47. The predicted octanol–water partition coefficient (Wildman–Crippen LogP) is 5.55. The van der Waals surface area contributed by atoms with Gasteiger partial charge < -0.3 is 4.90 Å². The molecule has 2 fully saturated rings. The van der Waals surface area contributed by atoms with Gasteiger partial charge in [-0.15, -0.1) is 0 Å². The van der Waals surface area contributed by atoms with Crippen molar-refractivity contribution in [1.82, 2.24) is 19.5 Å². The first-order valence-corrected chi connectivity index (χ1v) is 12.2. The number of carbonyl (C=O) groups is 1. The fourth-order valence-electron chi connectivity index (χ4n) is 6.56. The zero-order chi connectivity index (χ0) is 23.6. The molecule has 2 aromatic heterocycles. The van der Waals surface area contributed by atoms with Gasteiger partial charge in [0, 0.05) is 29.8 Å². The molecule has 0 N–H and O–H groups in total. The molecule has 34 heavy (non-hydrogen) atoms. The van der Waals surface area contributed by atoms with Gasteiger partial charge in [0.1, 0.15) is 0 Å². The highest BCUT2D eigenvalue weighted by molar-refractivity contribution is 5.94. The molecule has 1 aliphatic heterocycles. The van der Waals surface area contributed by atoms with Crippen LogP contribution in [0, 0.1) is 11.8 Å². The topological polar surface area (TPSA) is 50.5 Å². The lowest BCUT2D eigenvalue weighted by molar-refractivity contribution is -0.143. The highest BCUT2D eigenvalue weighted by Gasteiger charge is 2.42. The Bertz CT molecular complexity index is 1280. The van der Waals surface area contributed by atoms with Gasteiger partial charge in [0.2, 0.25) is 0 Å². The first-order chi connectivity index (χ1) is 16.3. The number of nitrogens with zero attached hydrogens (tertiary/aromatic N) is 4. The van der Waals surface area contributed by atoms with Gasteiger partial charge in [-0.1, -0.05) is 37.6 Å². The highest BCUT2D eigenvalue weighted by atomic mass is 19.4. The number of aromatic nitrogens is 3. The van der Waals surface area contributed by atoms with Gasteiger partial charge in [-0.3, -0.25) is 4.79 Å². The summed E-state index contributed by atoms with van der Waals surface area (Å²) in [6.45, 7) is 2.81. The van der Waals surface area contributed by atoms with Crippen LogP contribution in [-0.2, 0) is 19.0 Å². The van der Waals surface area contributed by atoms with Crippen LogP contribution in [0.1, 0.15) is 66.3 Å². The number of fused-ring (bicyclic) bond motifs is 5. The lowest BCUT2D eigenvalue weighted by Crippen LogP contribution is -2.53. The first kappa shape index (κ1) is 21.6. The third-order valence-electron chi connectivity index (χ3n) is 8.00. The van der Waals surface area contributed by atoms with Gasteiger partial charge in [0.15, 0.2) is 17.0 Å². The maximum Gasteiger partial charge on any atom is 0.433 e. The predicted molar refractivity (Wildman–Crippen MR) is 121 cm³/mol. The van der Waals surface area contributed by atoms with E-state index < -0.39 is 11.9 Å². The molecular weight excluding hydrogens is 441 g/mol. The van der Waals surface area contributed by atoms with Crippen LogP contribution in [0.5, 0.6) is 0 Å². The van der Waals surface area contributed by atoms with Gasteiger partial charge in [-0.05, 0) is 55.9 Å². The number of rotatable bonds is 1. The second-order valence-corrected chi connectivity index (χ2v) is 10.0. The summed E-state index contributed by atoms with van der Waals surface area (Å²) in [5, 5.41) is 4.22. The molecule has 178 valence electrons. The Morgan fingerprint density at radius 2 is 1.88 bits per heavy atom. The number of hydrogen-bond acceptors (Lipinski definition) is 3. The molecule has 1 amide bonds. The number of hydrogen-bond donors (Lipinski definition) is 0. The van der Waals surface area contributed by atoms with E-state index in [2.05, 4.69) is 17.0 Å². The smallest absolute Gasteiger partial charge is 0.334 e. The van der Waals surface area contributed by atoms with Crippen molar-refractivity contribution in [3.63, 3.8) is 0 Å². The molecule has 3 heterocycles. The second-order valence-electron chi connectivity index (χ2n) is 10.0. The van der Waals surface area contributed by atoms with E-state index in [1.54, 1.807) is 0 Å². The van der Waals surface area contributed by atoms with Crippen LogP contribution in [0.3, 0.4) is 0 Å². The summed E-state index contributed by atoms with van der Waals surface area (Å²) < 4.78 is 43.9. The van der Waals surface area contributed by atoms with E-state index in [-0.39, 0.29) is 35.3 Å². The average Bonchev–Trinajstić information content (AvgIpc) is 3.24. The van der Waals surface area contributed by atoms with Crippen LogP contribution < -0.4 is 0 Å². The van der Waals surface area contributed by atoms with Crippen LogP contribution >= 0.6 is 0 Å². The van der Waals surface area contributed by atoms with E-state index in [4.69, 9.17) is 0 Å². The summed E-state index contributed by atoms with van der Waals surface area (Å²) in [5.41, 5.74) is 1.51. The normalized spacial score (nSPS) is 24.5. The molecule has 2 aliphatic carbocycles. The van der Waals surface area contributed by atoms with Crippen LogP contribution in [0.4, 0.5) is 13.2 Å². The SMILES string of the molecule is C[C@H]1CCC[C@@H]2CCCN(C(=O)c3cc4nc5c(c(C(F)(F)F)n4n3)CCc3ccccc3-5)[C@@H]21. The number of amides is 1. The average molecular weight is 469 g/mol. The highest BCUT2D eigenvalue weighted by Crippen LogP contribution is 2.42. The second kappa shape index (κ2) is 7.82. The lowest BCUT2D eigenvalue weighted by atomic mass is 9.73. The minimum atomic E-state index is -4.61. The van der Waals surface area contributed by atoms with Gasteiger partial charge >= 0.3 is 6.18 Å². The molecule has 3 aliphatic rings. The third-order valence-corrected chi connectivity index (χ3v) is 8.00. The Labute approximate surface area is 196 Å². The van der Waals surface area contributed by atoms with Gasteiger partial charge in [-0.25, -0.2) is 9.50 Å². The molecule has 0 bridgehead atoms. The maximum absolute atomic E-state index is 14.3. The summed E-state index contributed by atoms with van der Waals surface area (Å²) in [5.74, 6) is 0.569. The quantitative estimate of drug-likeness (QED) is 0.470. The maximum atomic E-state index is 14.3. The van der Waals surface area contributed by atoms with E-state index in [1.165, 1.54) is 12.5 Å². The molecule has 5 nitrogen and oxygen atoms in total. The molecule has 0 radical (unpaired) electrons. The molecule has 8 heteroatoms. The van der Waals surface area contributed by atoms with Crippen molar-refractivity contribution in [2.75, 3.05) is 6.54 Å². The monoisotopic (exact) mass is 468 g/mol. The van der Waals surface area contributed by atoms with Crippen molar-refractivity contribution in [3.8, 4) is 11.3 Å². The number of likely N-dealkylation sites (tertiary alicyclic amines) is 1. The summed E-state index contributed by atoms with van der Waals surface area (Å²) in [4.78, 5) is 20.1. The summed E-state index contributed by atoms with van der Waals surface area (Å²) in [6, 6.07) is 9.03. The molecule has 1 aromatic carbocycles. The van der Waals surface area contributed by atoms with Gasteiger partial charge in [0.05, 0.1) is 5.69 Å². The third kappa shape index (κ3) is 3.33. The van der Waals surface area contributed by atoms with Crippen molar-refractivity contribution < 1.29 is 18.0 Å². The Balaban J connectivity index is 1.48. The first-order valence-electron chi connectivity index (χ1n) is 12.2. The standard InChI is InChI=1S/C26H27F3N4O/c1-15-6-4-8-17-9-5-13-32(23(15)17)25(34)20-14-21-30-22-18-10-3-2-7-16(18)11-12-19(22)24(26(27,28)29)33(21)31-20/h2-3,7,10,14-15,17,23H,4-6,8-9,11-13H2,1H3/t15-,17+,23+/m0/s1. The van der Waals surface area contributed by atoms with Crippen molar-refractivity contribution in [1.29, 1.82) is 0 Å². The van der Waals surface area contributed by atoms with Crippen molar-refractivity contribution in [2.45, 2.75) is 64.1 Å². The zero-order valence-corrected chi connectivity index (χ0v) is 19.1. The number of carbonyl (C=O) groups excluding carboxylic acids is 1. The molecule has 1 saturated carbocycles. The summed E-state index contributed by atoms with van der Waals surface area (Å²) in [7, 11) is 0. The Morgan fingerprint density at radius 3 is 2.71 bits per heavy atom. The van der Waals surface area contributed by atoms with E-state index in [0.29, 0.717) is 30.5 Å². The minimum absolute atomic E-state index is 0.0482. The van der Waals surface area contributed by atoms with E-state index in [1.807, 2.05) is 29.2 Å². The Kier molecular flexibility index (Phi) is 4.97. The Morgan fingerprint density at radius 1 is 1.09 bits per heavy atom. The molecular formula is C26H27F3N4O. The number of alkyl halides is 3. The van der Waals surface area contributed by atoms with Crippen LogP contribution in [0.15, 0.2) is 30.3 Å². The molecule has 3 aromatic rings. The number of aryl methyl sites for hydroxylation is 1. The fourth-order valence-corrected chi connectivity index (χ4v) is 6.56. The molecule has 0 spiro atoms. The van der Waals surface area contributed by atoms with E-state index >= 15 is 0 Å². The summed E-state index contributed by atoms with van der Waals surface area (Å²) >= 11 is 0. The molecule has 3 atom stereocenters. The van der Waals surface area contributed by atoms with E-state index in [0.717, 1.165) is 41.3 Å². The minimum Gasteiger partial charge on any atom is -0.334 e. The number of piperidine rings is 1. The number of halogens is 3. The van der Waals surface area contributed by atoms with Crippen LogP contribution in [-0.4, -0.2) is 38.0 Å². The zero-order valence-electron chi connectivity index (χ0n) is 19.1. The number of benzene rings is 1. The van der Waals surface area contributed by atoms with Gasteiger partial charge in [0.25, 0.3) is 5.91 Å². The van der Waals surface area contributed by atoms with Crippen LogP contribution in [0.2, 0.25) is 0 Å². The summed E-state index contributed by atoms with van der Waals surface area (Å²) in [6.07, 6.45) is 1.52. The van der Waals surface area contributed by atoms with Crippen molar-refractivity contribution in [2.24, 2.45) is 11.8 Å². The van der Waals surface area contributed by atoms with Crippen LogP contribution in [0.25, 0.3) is 16.9 Å². The molecule has 0 unspecified atom stereocenters. The fraction of sp³-hybridized carbons (Fsp3) is 0.500. The van der Waals surface area contributed by atoms with E-state index in [9.17, 15) is 18.0 Å². The largest absolute Gasteiger partial charge is 0.433 e. The Hall–Kier alpha value is -2.90. The molecule has 6 rings (SSSR count).